The van der Waals surface area contributed by atoms with Crippen molar-refractivity contribution in [3.05, 3.63) is 59.7 Å². The van der Waals surface area contributed by atoms with E-state index in [0.29, 0.717) is 23.8 Å². The maximum Gasteiger partial charge on any atom is 0.244 e. The lowest BCUT2D eigenvalue weighted by Crippen LogP contribution is -2.25. The zero-order valence-electron chi connectivity index (χ0n) is 15.6. The number of methoxy groups -OCH3 is 3. The quantitative estimate of drug-likeness (QED) is 0.735. The van der Waals surface area contributed by atoms with Crippen molar-refractivity contribution in [2.75, 3.05) is 27.9 Å². The van der Waals surface area contributed by atoms with Gasteiger partial charge in [-0.2, -0.15) is 0 Å². The molecular formula is C21H25NO4. The Morgan fingerprint density at radius 3 is 2.19 bits per heavy atom. The molecule has 1 atom stereocenters. The Hall–Kier alpha value is -2.95. The van der Waals surface area contributed by atoms with Gasteiger partial charge >= 0.3 is 0 Å². The highest BCUT2D eigenvalue weighted by Crippen LogP contribution is 2.38. The van der Waals surface area contributed by atoms with E-state index < -0.39 is 0 Å². The molecule has 2 aromatic carbocycles. The summed E-state index contributed by atoms with van der Waals surface area (Å²) in [5.74, 6) is 1.71. The van der Waals surface area contributed by atoms with Crippen LogP contribution >= 0.6 is 0 Å². The minimum atomic E-state index is -0.151. The molecule has 0 radical (unpaired) electrons. The fraction of sp³-hybridized carbons (Fsp3) is 0.286. The molecule has 26 heavy (non-hydrogen) atoms. The third-order valence-electron chi connectivity index (χ3n) is 4.07. The topological polar surface area (TPSA) is 56.8 Å². The van der Waals surface area contributed by atoms with E-state index in [1.54, 1.807) is 39.5 Å². The second-order valence-corrected chi connectivity index (χ2v) is 5.85. The number of carbonyl (C=O) groups is 1. The monoisotopic (exact) mass is 355 g/mol. The van der Waals surface area contributed by atoms with E-state index in [0.717, 1.165) is 5.56 Å². The maximum atomic E-state index is 12.1. The van der Waals surface area contributed by atoms with Crippen molar-refractivity contribution in [3.63, 3.8) is 0 Å². The number of hydrogen-bond donors (Lipinski definition) is 1. The van der Waals surface area contributed by atoms with Crippen LogP contribution in [0.3, 0.4) is 0 Å². The molecular weight excluding hydrogens is 330 g/mol. The van der Waals surface area contributed by atoms with Crippen molar-refractivity contribution in [1.29, 1.82) is 0 Å². The number of amides is 1. The first-order valence-corrected chi connectivity index (χ1v) is 8.40. The van der Waals surface area contributed by atoms with Crippen LogP contribution in [0.4, 0.5) is 0 Å². The summed E-state index contributed by atoms with van der Waals surface area (Å²) in [4.78, 5) is 12.1. The van der Waals surface area contributed by atoms with Crippen molar-refractivity contribution in [1.82, 2.24) is 5.32 Å². The van der Waals surface area contributed by atoms with E-state index in [4.69, 9.17) is 14.2 Å². The highest BCUT2D eigenvalue weighted by Gasteiger charge is 2.12. The number of carbonyl (C=O) groups excluding carboxylic acids is 1. The van der Waals surface area contributed by atoms with Gasteiger partial charge in [-0.15, -0.1) is 0 Å². The molecule has 0 fully saturated rings. The Balaban J connectivity index is 2.01. The predicted octanol–water partition coefficient (Wildman–Crippen LogP) is 3.65. The normalized spacial score (nSPS) is 11.8. The summed E-state index contributed by atoms with van der Waals surface area (Å²) in [6, 6.07) is 13.7. The highest BCUT2D eigenvalue weighted by molar-refractivity contribution is 5.91. The van der Waals surface area contributed by atoms with Crippen LogP contribution < -0.4 is 19.5 Å². The Morgan fingerprint density at radius 2 is 1.65 bits per heavy atom. The maximum absolute atomic E-state index is 12.1. The third kappa shape index (κ3) is 5.02. The molecule has 2 rings (SSSR count). The average Bonchev–Trinajstić information content (AvgIpc) is 2.69. The minimum absolute atomic E-state index is 0.151. The summed E-state index contributed by atoms with van der Waals surface area (Å²) >= 11 is 0. The Kier molecular flexibility index (Phi) is 7.09. The van der Waals surface area contributed by atoms with Crippen LogP contribution in [0.15, 0.2) is 48.5 Å². The minimum Gasteiger partial charge on any atom is -0.493 e. The van der Waals surface area contributed by atoms with Crippen molar-refractivity contribution >= 4 is 12.0 Å². The summed E-state index contributed by atoms with van der Waals surface area (Å²) in [6.07, 6.45) is 3.21. The number of hydrogen-bond acceptors (Lipinski definition) is 4. The van der Waals surface area contributed by atoms with Crippen molar-refractivity contribution in [2.24, 2.45) is 0 Å². The van der Waals surface area contributed by atoms with Gasteiger partial charge in [-0.1, -0.05) is 37.3 Å². The van der Waals surface area contributed by atoms with Gasteiger partial charge in [0.1, 0.15) is 0 Å². The fourth-order valence-electron chi connectivity index (χ4n) is 2.58. The number of benzene rings is 2. The third-order valence-corrected chi connectivity index (χ3v) is 4.07. The van der Waals surface area contributed by atoms with E-state index in [1.165, 1.54) is 11.6 Å². The molecule has 0 bridgehead atoms. The standard InChI is InChI=1S/C21H25NO4/c1-15(17-8-6-5-7-9-17)14-22-20(23)11-10-16-12-18(24-2)21(26-4)19(13-16)25-3/h5-13,15H,14H2,1-4H3,(H,22,23)/b11-10+. The molecule has 0 aliphatic rings. The molecule has 138 valence electrons. The molecule has 2 aromatic rings. The van der Waals surface area contributed by atoms with Crippen LogP contribution in [0.2, 0.25) is 0 Å². The van der Waals surface area contributed by atoms with Gasteiger partial charge in [0.15, 0.2) is 11.5 Å². The van der Waals surface area contributed by atoms with Crippen LogP contribution in [-0.2, 0) is 4.79 Å². The van der Waals surface area contributed by atoms with Crippen molar-refractivity contribution in [3.8, 4) is 17.2 Å². The summed E-state index contributed by atoms with van der Waals surface area (Å²) in [5, 5.41) is 2.92. The van der Waals surface area contributed by atoms with Crippen LogP contribution in [-0.4, -0.2) is 33.8 Å². The Bertz CT molecular complexity index is 731. The molecule has 0 saturated heterocycles. The first-order chi connectivity index (χ1) is 12.6. The molecule has 0 aliphatic carbocycles. The number of ether oxygens (including phenoxy) is 3. The van der Waals surface area contributed by atoms with Crippen LogP contribution in [0, 0.1) is 0 Å². The molecule has 0 saturated carbocycles. The average molecular weight is 355 g/mol. The second kappa shape index (κ2) is 9.51. The summed E-state index contributed by atoms with van der Waals surface area (Å²) in [7, 11) is 4.67. The van der Waals surface area contributed by atoms with E-state index >= 15 is 0 Å². The molecule has 1 amide bonds. The van der Waals surface area contributed by atoms with Gasteiger partial charge in [0.05, 0.1) is 21.3 Å². The zero-order valence-corrected chi connectivity index (χ0v) is 15.6. The Morgan fingerprint density at radius 1 is 1.04 bits per heavy atom. The van der Waals surface area contributed by atoms with Gasteiger partial charge in [-0.05, 0) is 35.3 Å². The lowest BCUT2D eigenvalue weighted by molar-refractivity contribution is -0.116. The molecule has 0 aromatic heterocycles. The predicted molar refractivity (Wildman–Crippen MR) is 103 cm³/mol. The van der Waals surface area contributed by atoms with Gasteiger partial charge < -0.3 is 19.5 Å². The van der Waals surface area contributed by atoms with E-state index in [2.05, 4.69) is 24.4 Å². The molecule has 1 unspecified atom stereocenters. The first-order valence-electron chi connectivity index (χ1n) is 8.40. The van der Waals surface area contributed by atoms with Gasteiger partial charge in [0.25, 0.3) is 0 Å². The van der Waals surface area contributed by atoms with E-state index in [1.807, 2.05) is 18.2 Å². The summed E-state index contributed by atoms with van der Waals surface area (Å²) < 4.78 is 15.9. The lowest BCUT2D eigenvalue weighted by Gasteiger charge is -2.13. The van der Waals surface area contributed by atoms with Crippen molar-refractivity contribution in [2.45, 2.75) is 12.8 Å². The van der Waals surface area contributed by atoms with Crippen molar-refractivity contribution < 1.29 is 19.0 Å². The largest absolute Gasteiger partial charge is 0.493 e. The Labute approximate surface area is 154 Å². The second-order valence-electron chi connectivity index (χ2n) is 5.85. The van der Waals surface area contributed by atoms with Crippen LogP contribution in [0.5, 0.6) is 17.2 Å². The van der Waals surface area contributed by atoms with Crippen LogP contribution in [0.1, 0.15) is 24.0 Å². The van der Waals surface area contributed by atoms with E-state index in [9.17, 15) is 4.79 Å². The fourth-order valence-corrected chi connectivity index (χ4v) is 2.58. The van der Waals surface area contributed by atoms with Gasteiger partial charge in [0, 0.05) is 12.6 Å². The molecule has 0 heterocycles. The molecule has 5 nitrogen and oxygen atoms in total. The molecule has 0 spiro atoms. The zero-order chi connectivity index (χ0) is 18.9. The lowest BCUT2D eigenvalue weighted by atomic mass is 10.0. The number of rotatable bonds is 8. The van der Waals surface area contributed by atoms with E-state index in [-0.39, 0.29) is 11.8 Å². The summed E-state index contributed by atoms with van der Waals surface area (Å²) in [5.41, 5.74) is 1.98. The van der Waals surface area contributed by atoms with Gasteiger partial charge in [-0.3, -0.25) is 4.79 Å². The molecule has 1 N–H and O–H groups in total. The smallest absolute Gasteiger partial charge is 0.244 e. The molecule has 0 aliphatic heterocycles. The number of nitrogens with one attached hydrogen (secondary N) is 1. The SMILES string of the molecule is COc1cc(/C=C/C(=O)NCC(C)c2ccccc2)cc(OC)c1OC. The highest BCUT2D eigenvalue weighted by atomic mass is 16.5. The first kappa shape index (κ1) is 19.4. The van der Waals surface area contributed by atoms with Crippen LogP contribution in [0.25, 0.3) is 6.08 Å². The van der Waals surface area contributed by atoms with Gasteiger partial charge in [0.2, 0.25) is 11.7 Å². The van der Waals surface area contributed by atoms with Gasteiger partial charge in [-0.25, -0.2) is 0 Å². The summed E-state index contributed by atoms with van der Waals surface area (Å²) in [6.45, 7) is 2.65. The molecule has 5 heteroatoms.